The first-order chi connectivity index (χ1) is 10.2. The molecule has 0 spiro atoms. The van der Waals surface area contributed by atoms with E-state index in [2.05, 4.69) is 21.4 Å². The number of aromatic nitrogens is 2. The van der Waals surface area contributed by atoms with Crippen LogP contribution in [-0.4, -0.2) is 9.97 Å². The van der Waals surface area contributed by atoms with Crippen LogP contribution in [-0.2, 0) is 0 Å². The molecule has 3 rings (SSSR count). The van der Waals surface area contributed by atoms with Crippen LogP contribution < -0.4 is 5.32 Å². The number of hydrogen-bond acceptors (Lipinski definition) is 4. The second-order valence-electron chi connectivity index (χ2n) is 4.58. The Hall–Kier alpha value is -2.64. The van der Waals surface area contributed by atoms with E-state index in [1.165, 1.54) is 0 Å². The highest BCUT2D eigenvalue weighted by atomic mass is 35.5. The summed E-state index contributed by atoms with van der Waals surface area (Å²) >= 11 is 6.18. The highest BCUT2D eigenvalue weighted by molar-refractivity contribution is 6.35. The standard InChI is InChI=1S/C16H11ClN4/c1-10-4-5-11(9-18)16(20-10)21-14-7-6-13(17)12-3-2-8-19-15(12)14/h2-8H,1H3,(H,20,21). The molecule has 1 N–H and O–H groups in total. The smallest absolute Gasteiger partial charge is 0.148 e. The lowest BCUT2D eigenvalue weighted by Gasteiger charge is -2.11. The van der Waals surface area contributed by atoms with E-state index in [0.29, 0.717) is 16.4 Å². The Bertz CT molecular complexity index is 868. The second kappa shape index (κ2) is 5.39. The van der Waals surface area contributed by atoms with Gasteiger partial charge in [-0.25, -0.2) is 4.98 Å². The molecule has 2 heterocycles. The van der Waals surface area contributed by atoms with Gasteiger partial charge in [-0.3, -0.25) is 4.98 Å². The number of pyridine rings is 2. The zero-order valence-electron chi connectivity index (χ0n) is 11.3. The van der Waals surface area contributed by atoms with E-state index in [0.717, 1.165) is 22.3 Å². The van der Waals surface area contributed by atoms with Gasteiger partial charge in [-0.2, -0.15) is 5.26 Å². The van der Waals surface area contributed by atoms with Gasteiger partial charge in [0.1, 0.15) is 11.9 Å². The summed E-state index contributed by atoms with van der Waals surface area (Å²) in [5.41, 5.74) is 2.84. The normalized spacial score (nSPS) is 10.3. The van der Waals surface area contributed by atoms with Crippen LogP contribution in [0.1, 0.15) is 11.3 Å². The van der Waals surface area contributed by atoms with Gasteiger partial charge in [0.05, 0.1) is 21.8 Å². The fourth-order valence-electron chi connectivity index (χ4n) is 2.11. The number of benzene rings is 1. The summed E-state index contributed by atoms with van der Waals surface area (Å²) in [5, 5.41) is 13.9. The topological polar surface area (TPSA) is 61.6 Å². The van der Waals surface area contributed by atoms with Gasteiger partial charge >= 0.3 is 0 Å². The highest BCUT2D eigenvalue weighted by Crippen LogP contribution is 2.30. The average Bonchev–Trinajstić information content (AvgIpc) is 2.51. The minimum absolute atomic E-state index is 0.486. The predicted molar refractivity (Wildman–Crippen MR) is 83.7 cm³/mol. The maximum absolute atomic E-state index is 9.18. The van der Waals surface area contributed by atoms with Crippen LogP contribution in [0.4, 0.5) is 11.5 Å². The van der Waals surface area contributed by atoms with Crippen LogP contribution in [0.5, 0.6) is 0 Å². The molecule has 2 aromatic heterocycles. The number of anilines is 2. The van der Waals surface area contributed by atoms with Gasteiger partial charge in [-0.1, -0.05) is 11.6 Å². The van der Waals surface area contributed by atoms with Crippen molar-refractivity contribution in [3.63, 3.8) is 0 Å². The summed E-state index contributed by atoms with van der Waals surface area (Å²) in [5.74, 6) is 0.520. The number of halogens is 1. The van der Waals surface area contributed by atoms with Crippen molar-refractivity contribution in [1.82, 2.24) is 9.97 Å². The summed E-state index contributed by atoms with van der Waals surface area (Å²) in [4.78, 5) is 8.73. The number of nitriles is 1. The van der Waals surface area contributed by atoms with E-state index in [4.69, 9.17) is 11.6 Å². The molecule has 0 bridgehead atoms. The molecule has 3 aromatic rings. The van der Waals surface area contributed by atoms with Gasteiger partial charge in [0, 0.05) is 17.3 Å². The van der Waals surface area contributed by atoms with Gasteiger partial charge in [0.2, 0.25) is 0 Å². The summed E-state index contributed by atoms with van der Waals surface area (Å²) in [7, 11) is 0. The van der Waals surface area contributed by atoms with Crippen LogP contribution in [0.2, 0.25) is 5.02 Å². The molecule has 0 aliphatic rings. The first-order valence-electron chi connectivity index (χ1n) is 6.37. The first kappa shape index (κ1) is 13.3. The number of hydrogen-bond donors (Lipinski definition) is 1. The monoisotopic (exact) mass is 294 g/mol. The molecule has 0 fully saturated rings. The molecule has 5 heteroatoms. The Morgan fingerprint density at radius 2 is 2.05 bits per heavy atom. The van der Waals surface area contributed by atoms with Gasteiger partial charge in [-0.05, 0) is 43.3 Å². The quantitative estimate of drug-likeness (QED) is 0.769. The third-order valence-corrected chi connectivity index (χ3v) is 3.45. The van der Waals surface area contributed by atoms with Crippen molar-refractivity contribution in [3.05, 3.63) is 58.9 Å². The third kappa shape index (κ3) is 2.51. The van der Waals surface area contributed by atoms with Crippen molar-refractivity contribution in [2.75, 3.05) is 5.32 Å². The van der Waals surface area contributed by atoms with Crippen molar-refractivity contribution in [2.45, 2.75) is 6.92 Å². The summed E-state index contributed by atoms with van der Waals surface area (Å²) in [6.45, 7) is 1.88. The number of rotatable bonds is 2. The Morgan fingerprint density at radius 3 is 2.86 bits per heavy atom. The zero-order valence-corrected chi connectivity index (χ0v) is 12.0. The van der Waals surface area contributed by atoms with Crippen molar-refractivity contribution < 1.29 is 0 Å². The van der Waals surface area contributed by atoms with E-state index in [1.54, 1.807) is 18.3 Å². The summed E-state index contributed by atoms with van der Waals surface area (Å²) in [6, 6.07) is 13.1. The van der Waals surface area contributed by atoms with Crippen molar-refractivity contribution in [3.8, 4) is 6.07 Å². The summed E-state index contributed by atoms with van der Waals surface area (Å²) in [6.07, 6.45) is 1.71. The van der Waals surface area contributed by atoms with Gasteiger partial charge in [0.15, 0.2) is 0 Å². The van der Waals surface area contributed by atoms with Gasteiger partial charge in [-0.15, -0.1) is 0 Å². The van der Waals surface area contributed by atoms with Crippen LogP contribution in [0.25, 0.3) is 10.9 Å². The van der Waals surface area contributed by atoms with E-state index >= 15 is 0 Å². The van der Waals surface area contributed by atoms with Crippen LogP contribution >= 0.6 is 11.6 Å². The average molecular weight is 295 g/mol. The van der Waals surface area contributed by atoms with E-state index < -0.39 is 0 Å². The first-order valence-corrected chi connectivity index (χ1v) is 6.75. The molecular formula is C16H11ClN4. The maximum atomic E-state index is 9.18. The molecule has 0 aliphatic heterocycles. The molecule has 0 saturated heterocycles. The number of aryl methyl sites for hydroxylation is 1. The minimum atomic E-state index is 0.486. The molecular weight excluding hydrogens is 284 g/mol. The van der Waals surface area contributed by atoms with Gasteiger partial charge < -0.3 is 5.32 Å². The Labute approximate surface area is 127 Å². The Balaban J connectivity index is 2.13. The number of fused-ring (bicyclic) bond motifs is 1. The molecule has 0 radical (unpaired) electrons. The zero-order chi connectivity index (χ0) is 14.8. The van der Waals surface area contributed by atoms with Gasteiger partial charge in [0.25, 0.3) is 0 Å². The largest absolute Gasteiger partial charge is 0.337 e. The number of nitrogens with one attached hydrogen (secondary N) is 1. The van der Waals surface area contributed by atoms with E-state index in [1.807, 2.05) is 31.2 Å². The lowest BCUT2D eigenvalue weighted by Crippen LogP contribution is -1.99. The number of nitrogens with zero attached hydrogens (tertiary/aromatic N) is 3. The maximum Gasteiger partial charge on any atom is 0.148 e. The van der Waals surface area contributed by atoms with Crippen LogP contribution in [0, 0.1) is 18.3 Å². The molecule has 0 amide bonds. The molecule has 0 saturated carbocycles. The van der Waals surface area contributed by atoms with Crippen LogP contribution in [0.15, 0.2) is 42.6 Å². The second-order valence-corrected chi connectivity index (χ2v) is 4.99. The molecule has 102 valence electrons. The van der Waals surface area contributed by atoms with E-state index in [9.17, 15) is 5.26 Å². The Morgan fingerprint density at radius 1 is 1.19 bits per heavy atom. The SMILES string of the molecule is Cc1ccc(C#N)c(Nc2ccc(Cl)c3cccnc23)n1. The fourth-order valence-corrected chi connectivity index (χ4v) is 2.32. The molecule has 0 atom stereocenters. The third-order valence-electron chi connectivity index (χ3n) is 3.12. The molecule has 1 aromatic carbocycles. The van der Waals surface area contributed by atoms with Crippen molar-refractivity contribution in [2.24, 2.45) is 0 Å². The molecule has 4 nitrogen and oxygen atoms in total. The van der Waals surface area contributed by atoms with E-state index in [-0.39, 0.29) is 0 Å². The lowest BCUT2D eigenvalue weighted by atomic mass is 10.2. The summed E-state index contributed by atoms with van der Waals surface area (Å²) < 4.78 is 0. The molecule has 21 heavy (non-hydrogen) atoms. The fraction of sp³-hybridized carbons (Fsp3) is 0.0625. The molecule has 0 unspecified atom stereocenters. The van der Waals surface area contributed by atoms with Crippen molar-refractivity contribution >= 4 is 34.0 Å². The van der Waals surface area contributed by atoms with Crippen LogP contribution in [0.3, 0.4) is 0 Å². The predicted octanol–water partition coefficient (Wildman–Crippen LogP) is 4.21. The molecule has 0 aliphatic carbocycles. The van der Waals surface area contributed by atoms with Crippen molar-refractivity contribution in [1.29, 1.82) is 5.26 Å². The Kier molecular flexibility index (Phi) is 3.43. The minimum Gasteiger partial charge on any atom is -0.337 e. The lowest BCUT2D eigenvalue weighted by molar-refractivity contribution is 1.19. The highest BCUT2D eigenvalue weighted by Gasteiger charge is 2.09.